The van der Waals surface area contributed by atoms with Crippen molar-refractivity contribution in [3.05, 3.63) is 59.2 Å². The van der Waals surface area contributed by atoms with Crippen molar-refractivity contribution in [2.75, 3.05) is 26.5 Å². The molecule has 2 atom stereocenters. The first-order valence-corrected chi connectivity index (χ1v) is 13.0. The van der Waals surface area contributed by atoms with E-state index in [9.17, 15) is 5.26 Å². The minimum Gasteiger partial charge on any atom is -0.497 e. The third-order valence-electron chi connectivity index (χ3n) is 5.99. The molecule has 2 N–H and O–H groups in total. The summed E-state index contributed by atoms with van der Waals surface area (Å²) in [6, 6.07) is 15.8. The van der Waals surface area contributed by atoms with Crippen LogP contribution in [0.1, 0.15) is 22.6 Å². The van der Waals surface area contributed by atoms with Gasteiger partial charge in [0.1, 0.15) is 21.8 Å². The summed E-state index contributed by atoms with van der Waals surface area (Å²) in [5.74, 6) is 2.23. The molecule has 2 aromatic carbocycles. The highest BCUT2D eigenvalue weighted by molar-refractivity contribution is 8.38. The third-order valence-corrected chi connectivity index (χ3v) is 8.29. The summed E-state index contributed by atoms with van der Waals surface area (Å²) >= 11 is 3.46. The van der Waals surface area contributed by atoms with Crippen molar-refractivity contribution >= 4 is 33.8 Å². The Labute approximate surface area is 211 Å². The smallest absolute Gasteiger partial charge is 0.244 e. The molecular formula is C25H23N5O3S2. The maximum atomic E-state index is 10.0. The zero-order chi connectivity index (χ0) is 24.4. The van der Waals surface area contributed by atoms with Gasteiger partial charge in [0, 0.05) is 28.6 Å². The number of nitriles is 1. The fraction of sp³-hybridized carbons (Fsp3) is 0.280. The van der Waals surface area contributed by atoms with E-state index in [0.29, 0.717) is 11.6 Å². The molecule has 5 rings (SSSR count). The van der Waals surface area contributed by atoms with Crippen molar-refractivity contribution in [3.8, 4) is 34.7 Å². The quantitative estimate of drug-likeness (QED) is 0.480. The Morgan fingerprint density at radius 1 is 1.23 bits per heavy atom. The van der Waals surface area contributed by atoms with Gasteiger partial charge in [0.25, 0.3) is 0 Å². The number of ether oxygens (including phenoxy) is 3. The van der Waals surface area contributed by atoms with Crippen molar-refractivity contribution in [2.45, 2.75) is 11.7 Å². The molecule has 0 radical (unpaired) electrons. The Morgan fingerprint density at radius 3 is 2.74 bits per heavy atom. The lowest BCUT2D eigenvalue weighted by atomic mass is 9.78. The number of aromatic amines is 1. The van der Waals surface area contributed by atoms with Crippen LogP contribution in [0, 0.1) is 22.7 Å². The Kier molecular flexibility index (Phi) is 6.70. The van der Waals surface area contributed by atoms with Gasteiger partial charge in [-0.25, -0.2) is 0 Å². The number of methoxy groups -OCH3 is 2. The highest BCUT2D eigenvalue weighted by Gasteiger charge is 2.41. The molecule has 0 amide bonds. The lowest BCUT2D eigenvalue weighted by Gasteiger charge is -2.28. The minimum absolute atomic E-state index is 0.110. The standard InChI is InChI=1S/C25H23N5O3S2/c1-31-17-6-3-14(4-7-17)22-21-20(18(12-26)23(27)33-24(21)30-29-22)15-5-8-19(32-2)16(11-15)13-35-25-28-9-10-34-25/h3-8,11,18,20,27H,9-10,13H2,1-2H3,(H,29,30). The zero-order valence-corrected chi connectivity index (χ0v) is 20.8. The molecule has 0 saturated carbocycles. The van der Waals surface area contributed by atoms with Crippen LogP contribution in [0.2, 0.25) is 0 Å². The largest absolute Gasteiger partial charge is 0.497 e. The average molecular weight is 506 g/mol. The average Bonchev–Trinajstić information content (AvgIpc) is 3.56. The molecule has 0 aliphatic carbocycles. The number of aliphatic imine (C=N–C) groups is 1. The first-order valence-electron chi connectivity index (χ1n) is 11.0. The number of rotatable bonds is 6. The molecule has 0 saturated heterocycles. The topological polar surface area (TPSA) is 116 Å². The number of nitrogens with zero attached hydrogens (tertiary/aromatic N) is 3. The normalized spacial score (nSPS) is 18.9. The van der Waals surface area contributed by atoms with Crippen molar-refractivity contribution in [2.24, 2.45) is 10.9 Å². The summed E-state index contributed by atoms with van der Waals surface area (Å²) in [5, 5.41) is 25.8. The number of hydrogen-bond donors (Lipinski definition) is 2. The first kappa shape index (κ1) is 23.3. The van der Waals surface area contributed by atoms with Gasteiger partial charge < -0.3 is 14.2 Å². The maximum absolute atomic E-state index is 10.0. The van der Waals surface area contributed by atoms with E-state index >= 15 is 0 Å². The van der Waals surface area contributed by atoms with Gasteiger partial charge in [-0.05, 0) is 35.9 Å². The molecule has 3 heterocycles. The molecule has 35 heavy (non-hydrogen) atoms. The van der Waals surface area contributed by atoms with E-state index in [4.69, 9.17) is 19.6 Å². The van der Waals surface area contributed by atoms with Crippen LogP contribution >= 0.6 is 23.5 Å². The van der Waals surface area contributed by atoms with Crippen molar-refractivity contribution in [1.29, 1.82) is 10.7 Å². The molecule has 2 unspecified atom stereocenters. The second-order valence-corrected chi connectivity index (χ2v) is 10.3. The molecule has 0 bridgehead atoms. The zero-order valence-electron chi connectivity index (χ0n) is 19.2. The predicted molar refractivity (Wildman–Crippen MR) is 139 cm³/mol. The van der Waals surface area contributed by atoms with Gasteiger partial charge in [0.2, 0.25) is 11.8 Å². The molecule has 2 aliphatic rings. The van der Waals surface area contributed by atoms with E-state index in [2.05, 4.69) is 27.3 Å². The number of fused-ring (bicyclic) bond motifs is 1. The van der Waals surface area contributed by atoms with Crippen molar-refractivity contribution < 1.29 is 14.2 Å². The summed E-state index contributed by atoms with van der Waals surface area (Å²) in [6.45, 7) is 0.857. The number of H-pyrrole nitrogens is 1. The van der Waals surface area contributed by atoms with Crippen molar-refractivity contribution in [1.82, 2.24) is 10.2 Å². The van der Waals surface area contributed by atoms with E-state index < -0.39 is 11.8 Å². The molecule has 2 aliphatic heterocycles. The number of thioether (sulfide) groups is 2. The summed E-state index contributed by atoms with van der Waals surface area (Å²) < 4.78 is 17.7. The lowest BCUT2D eigenvalue weighted by molar-refractivity contribution is 0.410. The lowest BCUT2D eigenvalue weighted by Crippen LogP contribution is -2.31. The highest BCUT2D eigenvalue weighted by atomic mass is 32.2. The second kappa shape index (κ2) is 10.1. The predicted octanol–water partition coefficient (Wildman–Crippen LogP) is 5.07. The van der Waals surface area contributed by atoms with Crippen LogP contribution in [-0.2, 0) is 5.75 Å². The van der Waals surface area contributed by atoms with Crippen LogP contribution < -0.4 is 14.2 Å². The van der Waals surface area contributed by atoms with Gasteiger partial charge >= 0.3 is 0 Å². The van der Waals surface area contributed by atoms with E-state index in [1.165, 1.54) is 0 Å². The highest BCUT2D eigenvalue weighted by Crippen LogP contribution is 2.46. The van der Waals surface area contributed by atoms with Gasteiger partial charge in [0.05, 0.1) is 38.1 Å². The molecule has 3 aromatic rings. The molecular weight excluding hydrogens is 482 g/mol. The molecule has 8 nitrogen and oxygen atoms in total. The monoisotopic (exact) mass is 505 g/mol. The second-order valence-electron chi connectivity index (χ2n) is 7.95. The van der Waals surface area contributed by atoms with Crippen LogP contribution in [0.3, 0.4) is 0 Å². The Hall–Kier alpha value is -3.42. The van der Waals surface area contributed by atoms with Gasteiger partial charge in [-0.2, -0.15) is 5.26 Å². The fourth-order valence-corrected chi connectivity index (χ4v) is 6.29. The van der Waals surface area contributed by atoms with E-state index in [1.807, 2.05) is 36.4 Å². The van der Waals surface area contributed by atoms with Crippen LogP contribution in [0.15, 0.2) is 47.5 Å². The van der Waals surface area contributed by atoms with Crippen molar-refractivity contribution in [3.63, 3.8) is 0 Å². The first-order chi connectivity index (χ1) is 17.1. The van der Waals surface area contributed by atoms with Crippen LogP contribution in [0.4, 0.5) is 0 Å². The van der Waals surface area contributed by atoms with E-state index in [1.54, 1.807) is 37.7 Å². The van der Waals surface area contributed by atoms with Crippen LogP contribution in [0.25, 0.3) is 11.3 Å². The van der Waals surface area contributed by atoms with Gasteiger partial charge in [-0.1, -0.05) is 35.7 Å². The Morgan fingerprint density at radius 2 is 2.06 bits per heavy atom. The SMILES string of the molecule is COc1ccc(-c2[nH]nc3c2C(c2ccc(OC)c(CSC4=NCCS4)c2)C(C#N)C(=N)O3)cc1. The van der Waals surface area contributed by atoms with Gasteiger partial charge in [-0.15, -0.1) is 5.10 Å². The number of nitrogens with one attached hydrogen (secondary N) is 2. The van der Waals surface area contributed by atoms with Crippen LogP contribution in [0.5, 0.6) is 17.4 Å². The summed E-state index contributed by atoms with van der Waals surface area (Å²) in [5.41, 5.74) is 4.32. The van der Waals surface area contributed by atoms with E-state index in [0.717, 1.165) is 56.1 Å². The number of aromatic nitrogens is 2. The number of hydrogen-bond acceptors (Lipinski definition) is 9. The molecule has 178 valence electrons. The van der Waals surface area contributed by atoms with Gasteiger partial charge in [0.15, 0.2) is 0 Å². The number of benzene rings is 2. The maximum Gasteiger partial charge on any atom is 0.244 e. The third kappa shape index (κ3) is 4.49. The van der Waals surface area contributed by atoms with E-state index in [-0.39, 0.29) is 5.90 Å². The minimum atomic E-state index is -0.791. The fourth-order valence-electron chi connectivity index (χ4n) is 4.30. The Balaban J connectivity index is 1.58. The summed E-state index contributed by atoms with van der Waals surface area (Å²) in [6.07, 6.45) is 0. The molecule has 0 fully saturated rings. The molecule has 1 aromatic heterocycles. The summed E-state index contributed by atoms with van der Waals surface area (Å²) in [4.78, 5) is 4.53. The molecule has 10 heteroatoms. The van der Waals surface area contributed by atoms with Gasteiger partial charge in [-0.3, -0.25) is 15.5 Å². The summed E-state index contributed by atoms with van der Waals surface area (Å²) in [7, 11) is 3.28. The Bertz CT molecular complexity index is 1330. The van der Waals surface area contributed by atoms with Crippen LogP contribution in [-0.4, -0.2) is 47.0 Å². The molecule has 0 spiro atoms.